The van der Waals surface area contributed by atoms with Crippen LogP contribution in [0, 0.1) is 5.92 Å². The Balaban J connectivity index is 2.24. The van der Waals surface area contributed by atoms with Crippen LogP contribution >= 0.6 is 0 Å². The number of carbonyl (C=O) groups excluding carboxylic acids is 1. The molecule has 0 saturated carbocycles. The molecule has 0 aromatic carbocycles. The van der Waals surface area contributed by atoms with E-state index in [0.717, 1.165) is 19.3 Å². The molecule has 0 unspecified atom stereocenters. The average Bonchev–Trinajstić information content (AvgIpc) is 2.94. The number of nitrogens with zero attached hydrogens (tertiary/aromatic N) is 2. The van der Waals surface area contributed by atoms with E-state index in [9.17, 15) is 4.79 Å². The van der Waals surface area contributed by atoms with Crippen molar-refractivity contribution in [1.29, 1.82) is 0 Å². The Morgan fingerprint density at radius 2 is 2.35 bits per heavy atom. The molecule has 2 aromatic rings. The van der Waals surface area contributed by atoms with E-state index in [1.165, 1.54) is 0 Å². The molecule has 0 aliphatic carbocycles. The summed E-state index contributed by atoms with van der Waals surface area (Å²) < 4.78 is 7.07. The van der Waals surface area contributed by atoms with Crippen molar-refractivity contribution in [2.24, 2.45) is 5.92 Å². The van der Waals surface area contributed by atoms with E-state index in [1.54, 1.807) is 18.5 Å². The van der Waals surface area contributed by atoms with Crippen molar-refractivity contribution in [3.8, 4) is 11.5 Å². The molecule has 0 atom stereocenters. The number of aldehydes is 1. The van der Waals surface area contributed by atoms with Crippen LogP contribution < -0.4 is 0 Å². The van der Waals surface area contributed by atoms with Crippen molar-refractivity contribution in [2.75, 3.05) is 0 Å². The van der Waals surface area contributed by atoms with Gasteiger partial charge in [-0.25, -0.2) is 0 Å². The number of hydrogen-bond donors (Lipinski definition) is 0. The lowest BCUT2D eigenvalue weighted by atomic mass is 10.1. The van der Waals surface area contributed by atoms with Crippen molar-refractivity contribution >= 4 is 6.29 Å². The van der Waals surface area contributed by atoms with E-state index in [4.69, 9.17) is 4.42 Å². The van der Waals surface area contributed by atoms with E-state index in [2.05, 4.69) is 18.9 Å². The number of furan rings is 1. The summed E-state index contributed by atoms with van der Waals surface area (Å²) in [5.41, 5.74) is 1.19. The summed E-state index contributed by atoms with van der Waals surface area (Å²) in [6.07, 6.45) is 5.21. The summed E-state index contributed by atoms with van der Waals surface area (Å²) in [7, 11) is 0. The van der Waals surface area contributed by atoms with Gasteiger partial charge in [0.2, 0.25) is 0 Å². The zero-order valence-corrected chi connectivity index (χ0v) is 10.1. The monoisotopic (exact) mass is 232 g/mol. The van der Waals surface area contributed by atoms with Crippen LogP contribution in [-0.4, -0.2) is 16.1 Å². The van der Waals surface area contributed by atoms with Crippen LogP contribution in [0.25, 0.3) is 11.5 Å². The minimum absolute atomic E-state index is 0.573. The van der Waals surface area contributed by atoms with Crippen LogP contribution in [0.15, 0.2) is 29.0 Å². The van der Waals surface area contributed by atoms with Gasteiger partial charge in [0.25, 0.3) is 0 Å². The lowest BCUT2D eigenvalue weighted by Gasteiger charge is -2.03. The maximum absolute atomic E-state index is 11.0. The number of rotatable bonds is 5. The molecule has 0 aliphatic heterocycles. The molecule has 0 amide bonds. The second-order valence-corrected chi connectivity index (χ2v) is 4.47. The number of aromatic nitrogens is 2. The molecule has 0 radical (unpaired) electrons. The van der Waals surface area contributed by atoms with E-state index >= 15 is 0 Å². The minimum Gasteiger partial charge on any atom is -0.463 e. The highest BCUT2D eigenvalue weighted by molar-refractivity contribution is 5.83. The van der Waals surface area contributed by atoms with Gasteiger partial charge < -0.3 is 4.42 Å². The lowest BCUT2D eigenvalue weighted by molar-refractivity contribution is 0.112. The largest absolute Gasteiger partial charge is 0.463 e. The van der Waals surface area contributed by atoms with Crippen LogP contribution in [-0.2, 0) is 6.54 Å². The van der Waals surface area contributed by atoms with Gasteiger partial charge >= 0.3 is 0 Å². The Hall–Kier alpha value is -1.84. The second-order valence-electron chi connectivity index (χ2n) is 4.47. The fraction of sp³-hybridized carbons (Fsp3) is 0.385. The summed E-state index contributed by atoms with van der Waals surface area (Å²) in [6, 6.07) is 3.60. The highest BCUT2D eigenvalue weighted by Gasteiger charge is 2.12. The first-order chi connectivity index (χ1) is 8.20. The van der Waals surface area contributed by atoms with Gasteiger partial charge in [0.1, 0.15) is 5.69 Å². The summed E-state index contributed by atoms with van der Waals surface area (Å²) in [5.74, 6) is 1.25. The molecular weight excluding hydrogens is 216 g/mol. The lowest BCUT2D eigenvalue weighted by Crippen LogP contribution is -2.01. The fourth-order valence-electron chi connectivity index (χ4n) is 1.63. The van der Waals surface area contributed by atoms with Crippen molar-refractivity contribution in [2.45, 2.75) is 26.8 Å². The normalized spacial score (nSPS) is 11.0. The number of aryl methyl sites for hydroxylation is 1. The second kappa shape index (κ2) is 4.99. The molecule has 0 saturated heterocycles. The minimum atomic E-state index is 0.573. The fourth-order valence-corrected chi connectivity index (χ4v) is 1.63. The van der Waals surface area contributed by atoms with Gasteiger partial charge in [-0.1, -0.05) is 13.8 Å². The molecule has 2 heterocycles. The Labute approximate surface area is 100 Å². The SMILES string of the molecule is CC(C)CCn1cc(C=O)c(-c2ccco2)n1. The zero-order valence-electron chi connectivity index (χ0n) is 10.1. The molecule has 0 spiro atoms. The number of carbonyl (C=O) groups is 1. The van der Waals surface area contributed by atoms with Gasteiger partial charge in [-0.15, -0.1) is 0 Å². The van der Waals surface area contributed by atoms with Gasteiger partial charge in [-0.05, 0) is 24.5 Å². The maximum Gasteiger partial charge on any atom is 0.154 e. The predicted octanol–water partition coefficient (Wildman–Crippen LogP) is 3.00. The molecule has 2 aromatic heterocycles. The third-order valence-electron chi connectivity index (χ3n) is 2.61. The molecule has 0 aliphatic rings. The third kappa shape index (κ3) is 2.64. The van der Waals surface area contributed by atoms with E-state index in [1.807, 2.05) is 10.7 Å². The van der Waals surface area contributed by atoms with Gasteiger partial charge in [0, 0.05) is 12.7 Å². The van der Waals surface area contributed by atoms with Crippen LogP contribution in [0.5, 0.6) is 0 Å². The van der Waals surface area contributed by atoms with Crippen LogP contribution in [0.2, 0.25) is 0 Å². The third-order valence-corrected chi connectivity index (χ3v) is 2.61. The first-order valence-corrected chi connectivity index (χ1v) is 5.77. The quantitative estimate of drug-likeness (QED) is 0.744. The topological polar surface area (TPSA) is 48.0 Å². The molecule has 4 nitrogen and oxygen atoms in total. The average molecular weight is 232 g/mol. The van der Waals surface area contributed by atoms with Gasteiger partial charge in [-0.2, -0.15) is 5.10 Å². The molecule has 90 valence electrons. The smallest absolute Gasteiger partial charge is 0.154 e. The van der Waals surface area contributed by atoms with Gasteiger partial charge in [-0.3, -0.25) is 9.48 Å². The van der Waals surface area contributed by atoms with Crippen LogP contribution in [0.3, 0.4) is 0 Å². The number of hydrogen-bond acceptors (Lipinski definition) is 3. The first-order valence-electron chi connectivity index (χ1n) is 5.77. The molecule has 4 heteroatoms. The highest BCUT2D eigenvalue weighted by Crippen LogP contribution is 2.21. The van der Waals surface area contributed by atoms with E-state index < -0.39 is 0 Å². The van der Waals surface area contributed by atoms with Crippen LogP contribution in [0.1, 0.15) is 30.6 Å². The van der Waals surface area contributed by atoms with Crippen LogP contribution in [0.4, 0.5) is 0 Å². The van der Waals surface area contributed by atoms with E-state index in [-0.39, 0.29) is 0 Å². The summed E-state index contributed by atoms with van der Waals surface area (Å²) >= 11 is 0. The summed E-state index contributed by atoms with van der Waals surface area (Å²) in [4.78, 5) is 11.0. The standard InChI is InChI=1S/C13H16N2O2/c1-10(2)5-6-15-8-11(9-16)13(14-15)12-4-3-7-17-12/h3-4,7-10H,5-6H2,1-2H3. The highest BCUT2D eigenvalue weighted by atomic mass is 16.3. The summed E-state index contributed by atoms with van der Waals surface area (Å²) in [5, 5.41) is 4.39. The first kappa shape index (κ1) is 11.6. The molecule has 2 rings (SSSR count). The Morgan fingerprint density at radius 3 is 2.94 bits per heavy atom. The summed E-state index contributed by atoms with van der Waals surface area (Å²) in [6.45, 7) is 5.15. The molecule has 0 fully saturated rings. The molecule has 0 N–H and O–H groups in total. The van der Waals surface area contributed by atoms with Crippen molar-refractivity contribution in [3.63, 3.8) is 0 Å². The molecule has 17 heavy (non-hydrogen) atoms. The van der Waals surface area contributed by atoms with E-state index in [0.29, 0.717) is 22.9 Å². The molecule has 0 bridgehead atoms. The van der Waals surface area contributed by atoms with Crippen molar-refractivity contribution in [1.82, 2.24) is 9.78 Å². The van der Waals surface area contributed by atoms with Crippen molar-refractivity contribution in [3.05, 3.63) is 30.2 Å². The van der Waals surface area contributed by atoms with Crippen molar-refractivity contribution < 1.29 is 9.21 Å². The maximum atomic E-state index is 11.0. The Kier molecular flexibility index (Phi) is 3.42. The zero-order chi connectivity index (χ0) is 12.3. The Bertz CT molecular complexity index is 483. The molecular formula is C13H16N2O2. The Morgan fingerprint density at radius 1 is 1.53 bits per heavy atom. The predicted molar refractivity (Wildman–Crippen MR) is 64.8 cm³/mol. The van der Waals surface area contributed by atoms with Gasteiger partial charge in [0.05, 0.1) is 11.8 Å². The van der Waals surface area contributed by atoms with Gasteiger partial charge in [0.15, 0.2) is 12.0 Å².